The maximum Gasteiger partial charge on any atom is 0.283 e. The predicted molar refractivity (Wildman–Crippen MR) is 78.7 cm³/mol. The summed E-state index contributed by atoms with van der Waals surface area (Å²) in [6.07, 6.45) is 0.157. The van der Waals surface area contributed by atoms with Gasteiger partial charge in [-0.25, -0.2) is 0 Å². The molecule has 0 amide bonds. The summed E-state index contributed by atoms with van der Waals surface area (Å²) in [6, 6.07) is 0. The molecule has 7 nitrogen and oxygen atoms in total. The lowest BCUT2D eigenvalue weighted by Crippen LogP contribution is -2.20. The Balaban J connectivity index is 4.01. The molecule has 116 valence electrons. The van der Waals surface area contributed by atoms with Gasteiger partial charge >= 0.3 is 0 Å². The zero-order chi connectivity index (χ0) is 16.5. The maximum atomic E-state index is 11.5. The topological polar surface area (TPSA) is 107 Å². The molecule has 0 heterocycles. The van der Waals surface area contributed by atoms with Crippen LogP contribution in [-0.4, -0.2) is 21.6 Å². The molecule has 0 fully saturated rings. The number of hydrogen-bond donors (Lipinski definition) is 1. The van der Waals surface area contributed by atoms with Gasteiger partial charge in [0.2, 0.25) is 0 Å². The molecule has 0 aliphatic rings. The summed E-state index contributed by atoms with van der Waals surface area (Å²) in [5.74, 6) is 0. The molecule has 0 radical (unpaired) electrons. The minimum Gasteiger partial charge on any atom is -0.396 e. The van der Waals surface area contributed by atoms with Crippen LogP contribution >= 0.6 is 0 Å². The Hall–Kier alpha value is -2.02. The summed E-state index contributed by atoms with van der Waals surface area (Å²) in [4.78, 5) is 21.8. The monoisotopic (exact) mass is 296 g/mol. The van der Waals surface area contributed by atoms with E-state index >= 15 is 0 Å². The largest absolute Gasteiger partial charge is 0.396 e. The molecular formula is C14H20N2O5. The third-order valence-corrected chi connectivity index (χ3v) is 3.57. The standard InChI is InChI=1S/C14H20N2O5/c1-8-10(6-7-17)9(2)13(16(20)21)11(14(3,4)5)12(8)15(18)19/h17H,6-7H2,1-5H3. The molecule has 0 unspecified atom stereocenters. The van der Waals surface area contributed by atoms with Crippen molar-refractivity contribution in [1.29, 1.82) is 0 Å². The third kappa shape index (κ3) is 3.02. The lowest BCUT2D eigenvalue weighted by Gasteiger charge is -2.22. The highest BCUT2D eigenvalue weighted by molar-refractivity contribution is 5.68. The van der Waals surface area contributed by atoms with Crippen LogP contribution in [0.15, 0.2) is 0 Å². The second-order valence-corrected chi connectivity index (χ2v) is 6.04. The number of rotatable bonds is 4. The van der Waals surface area contributed by atoms with E-state index in [9.17, 15) is 20.2 Å². The third-order valence-electron chi connectivity index (χ3n) is 3.57. The van der Waals surface area contributed by atoms with Crippen LogP contribution in [0.3, 0.4) is 0 Å². The van der Waals surface area contributed by atoms with Crippen LogP contribution in [0.25, 0.3) is 0 Å². The maximum absolute atomic E-state index is 11.5. The average Bonchev–Trinajstić information content (AvgIpc) is 2.31. The summed E-state index contributed by atoms with van der Waals surface area (Å²) in [5, 5.41) is 32.0. The van der Waals surface area contributed by atoms with Gasteiger partial charge in [-0.15, -0.1) is 0 Å². The van der Waals surface area contributed by atoms with E-state index in [1.54, 1.807) is 34.6 Å². The summed E-state index contributed by atoms with van der Waals surface area (Å²) >= 11 is 0. The van der Waals surface area contributed by atoms with E-state index in [1.807, 2.05) is 0 Å². The molecular weight excluding hydrogens is 276 g/mol. The van der Waals surface area contributed by atoms with Crippen molar-refractivity contribution >= 4 is 11.4 Å². The Morgan fingerprint density at radius 3 is 1.62 bits per heavy atom. The fraction of sp³-hybridized carbons (Fsp3) is 0.571. The van der Waals surface area contributed by atoms with Crippen LogP contribution in [0, 0.1) is 34.1 Å². The SMILES string of the molecule is Cc1c(CCO)c(C)c([N+](=O)[O-])c(C(C)(C)C)c1[N+](=O)[O-]. The van der Waals surface area contributed by atoms with Crippen molar-refractivity contribution < 1.29 is 15.0 Å². The van der Waals surface area contributed by atoms with E-state index in [1.165, 1.54) is 0 Å². The lowest BCUT2D eigenvalue weighted by atomic mass is 9.80. The molecule has 0 aliphatic heterocycles. The second kappa shape index (κ2) is 5.77. The van der Waals surface area contributed by atoms with Crippen LogP contribution in [-0.2, 0) is 11.8 Å². The fourth-order valence-electron chi connectivity index (χ4n) is 2.71. The zero-order valence-corrected chi connectivity index (χ0v) is 12.9. The van der Waals surface area contributed by atoms with Gasteiger partial charge in [0.1, 0.15) is 5.56 Å². The Morgan fingerprint density at radius 1 is 1.00 bits per heavy atom. The number of benzene rings is 1. The van der Waals surface area contributed by atoms with Crippen LogP contribution in [0.4, 0.5) is 11.4 Å². The second-order valence-electron chi connectivity index (χ2n) is 6.04. The van der Waals surface area contributed by atoms with Crippen LogP contribution in [0.1, 0.15) is 43.0 Å². The highest BCUT2D eigenvalue weighted by Crippen LogP contribution is 2.44. The van der Waals surface area contributed by atoms with Crippen LogP contribution in [0.2, 0.25) is 0 Å². The number of aliphatic hydroxyl groups excluding tert-OH is 1. The molecule has 0 atom stereocenters. The molecule has 1 aromatic rings. The van der Waals surface area contributed by atoms with Crippen molar-refractivity contribution in [3.8, 4) is 0 Å². The summed E-state index contributed by atoms with van der Waals surface area (Å²) in [7, 11) is 0. The van der Waals surface area contributed by atoms with Crippen LogP contribution < -0.4 is 0 Å². The van der Waals surface area contributed by atoms with Gasteiger partial charge in [0, 0.05) is 23.1 Å². The van der Waals surface area contributed by atoms with Crippen molar-refractivity contribution in [2.24, 2.45) is 0 Å². The molecule has 0 aliphatic carbocycles. The Morgan fingerprint density at radius 2 is 1.38 bits per heavy atom. The first-order valence-corrected chi connectivity index (χ1v) is 6.60. The average molecular weight is 296 g/mol. The normalized spacial score (nSPS) is 11.5. The Labute approximate surface area is 122 Å². The number of nitro groups is 2. The van der Waals surface area contributed by atoms with Crippen molar-refractivity contribution in [2.45, 2.75) is 46.5 Å². The highest BCUT2D eigenvalue weighted by atomic mass is 16.6. The van der Waals surface area contributed by atoms with Gasteiger partial charge in [-0.2, -0.15) is 0 Å². The van der Waals surface area contributed by atoms with Gasteiger partial charge < -0.3 is 5.11 Å². The predicted octanol–water partition coefficient (Wildman–Crippen LogP) is 2.95. The van der Waals surface area contributed by atoms with Crippen molar-refractivity contribution in [3.63, 3.8) is 0 Å². The number of nitrogens with zero attached hydrogens (tertiary/aromatic N) is 2. The summed E-state index contributed by atoms with van der Waals surface area (Å²) < 4.78 is 0. The first-order chi connectivity index (χ1) is 9.53. The van der Waals surface area contributed by atoms with Gasteiger partial charge in [0.15, 0.2) is 0 Å². The van der Waals surface area contributed by atoms with Gasteiger partial charge in [-0.05, 0) is 25.8 Å². The molecule has 7 heteroatoms. The first kappa shape index (κ1) is 17.0. The minimum atomic E-state index is -0.738. The van der Waals surface area contributed by atoms with E-state index in [4.69, 9.17) is 5.11 Å². The fourth-order valence-corrected chi connectivity index (χ4v) is 2.71. The van der Waals surface area contributed by atoms with Crippen LogP contribution in [0.5, 0.6) is 0 Å². The van der Waals surface area contributed by atoms with E-state index < -0.39 is 15.3 Å². The molecule has 1 aromatic carbocycles. The quantitative estimate of drug-likeness (QED) is 0.679. The molecule has 1 N–H and O–H groups in total. The smallest absolute Gasteiger partial charge is 0.283 e. The van der Waals surface area contributed by atoms with Gasteiger partial charge in [-0.1, -0.05) is 20.8 Å². The molecule has 0 saturated heterocycles. The van der Waals surface area contributed by atoms with E-state index in [0.29, 0.717) is 16.7 Å². The summed E-state index contributed by atoms with van der Waals surface area (Å²) in [5.41, 5.74) is 0.215. The number of aliphatic hydroxyl groups is 1. The van der Waals surface area contributed by atoms with E-state index in [-0.39, 0.29) is 30.0 Å². The first-order valence-electron chi connectivity index (χ1n) is 6.60. The minimum absolute atomic E-state index is 0.134. The highest BCUT2D eigenvalue weighted by Gasteiger charge is 2.38. The lowest BCUT2D eigenvalue weighted by molar-refractivity contribution is -0.397. The molecule has 1 rings (SSSR count). The van der Waals surface area contributed by atoms with E-state index in [2.05, 4.69) is 0 Å². The molecule has 0 spiro atoms. The van der Waals surface area contributed by atoms with Gasteiger partial charge in [0.25, 0.3) is 11.4 Å². The van der Waals surface area contributed by atoms with E-state index in [0.717, 1.165) is 0 Å². The van der Waals surface area contributed by atoms with Gasteiger partial charge in [0.05, 0.1) is 9.85 Å². The summed E-state index contributed by atoms with van der Waals surface area (Å²) in [6.45, 7) is 8.09. The van der Waals surface area contributed by atoms with Crippen molar-refractivity contribution in [2.75, 3.05) is 6.61 Å². The van der Waals surface area contributed by atoms with Crippen molar-refractivity contribution in [3.05, 3.63) is 42.5 Å². The molecule has 0 saturated carbocycles. The number of hydrogen-bond acceptors (Lipinski definition) is 5. The Kier molecular flexibility index (Phi) is 4.68. The van der Waals surface area contributed by atoms with Crippen molar-refractivity contribution in [1.82, 2.24) is 0 Å². The molecule has 21 heavy (non-hydrogen) atoms. The Bertz CT molecular complexity index is 561. The molecule has 0 aromatic heterocycles. The zero-order valence-electron chi connectivity index (χ0n) is 12.9. The number of nitro benzene ring substituents is 2. The molecule has 0 bridgehead atoms. The van der Waals surface area contributed by atoms with Gasteiger partial charge in [-0.3, -0.25) is 20.2 Å².